The van der Waals surface area contributed by atoms with Crippen LogP contribution in [0.25, 0.3) is 33.7 Å². The molecule has 5 nitrogen and oxygen atoms in total. The number of ether oxygens (including phenoxy) is 1. The molecule has 130 valence electrons. The lowest BCUT2D eigenvalue weighted by atomic mass is 10.1. The standard InChI is InChI=1S/C21H20N4O/c1-14-8-10-15(11-9-14)20-24-19-21(25(20)13-16-5-4-12-26-16)23-18-7-3-2-6-17(18)22-19/h2-3,6-11,16H,4-5,12-13H2,1H3/t16-/m0/s1. The predicted octanol–water partition coefficient (Wildman–Crippen LogP) is 4.13. The molecule has 1 saturated heterocycles. The van der Waals surface area contributed by atoms with Gasteiger partial charge in [0.25, 0.3) is 0 Å². The fourth-order valence-corrected chi connectivity index (χ4v) is 3.59. The first-order valence-corrected chi connectivity index (χ1v) is 9.09. The lowest BCUT2D eigenvalue weighted by Crippen LogP contribution is -2.16. The summed E-state index contributed by atoms with van der Waals surface area (Å²) in [6.45, 7) is 3.69. The first kappa shape index (κ1) is 15.5. The van der Waals surface area contributed by atoms with Crippen LogP contribution in [0, 0.1) is 6.92 Å². The average molecular weight is 344 g/mol. The van der Waals surface area contributed by atoms with Gasteiger partial charge in [0.15, 0.2) is 11.3 Å². The Hall–Kier alpha value is -2.79. The highest BCUT2D eigenvalue weighted by atomic mass is 16.5. The van der Waals surface area contributed by atoms with Crippen molar-refractivity contribution in [3.05, 3.63) is 54.1 Å². The van der Waals surface area contributed by atoms with E-state index in [0.29, 0.717) is 5.65 Å². The molecule has 1 atom stereocenters. The van der Waals surface area contributed by atoms with Crippen molar-refractivity contribution in [2.45, 2.75) is 32.4 Å². The number of imidazole rings is 1. The summed E-state index contributed by atoms with van der Waals surface area (Å²) in [6.07, 6.45) is 2.41. The minimum atomic E-state index is 0.213. The Balaban J connectivity index is 1.72. The van der Waals surface area contributed by atoms with Gasteiger partial charge in [-0.15, -0.1) is 0 Å². The summed E-state index contributed by atoms with van der Waals surface area (Å²) in [4.78, 5) is 14.4. The fraction of sp³-hybridized carbons (Fsp3) is 0.286. The number of benzene rings is 2. The SMILES string of the molecule is Cc1ccc(-c2nc3nc4ccccc4nc3n2C[C@@H]2CCCO2)cc1. The maximum Gasteiger partial charge on any atom is 0.198 e. The summed E-state index contributed by atoms with van der Waals surface area (Å²) < 4.78 is 8.05. The Morgan fingerprint density at radius 1 is 1.00 bits per heavy atom. The number of hydrogen-bond donors (Lipinski definition) is 0. The number of aromatic nitrogens is 4. The normalized spacial score (nSPS) is 17.3. The number of nitrogens with zero attached hydrogens (tertiary/aromatic N) is 4. The van der Waals surface area contributed by atoms with E-state index in [1.54, 1.807) is 0 Å². The van der Waals surface area contributed by atoms with Crippen molar-refractivity contribution in [3.8, 4) is 11.4 Å². The second kappa shape index (κ2) is 6.18. The topological polar surface area (TPSA) is 52.8 Å². The fourth-order valence-electron chi connectivity index (χ4n) is 3.59. The highest BCUT2D eigenvalue weighted by Gasteiger charge is 2.22. The third-order valence-corrected chi connectivity index (χ3v) is 4.98. The van der Waals surface area contributed by atoms with Gasteiger partial charge in [0, 0.05) is 12.2 Å². The van der Waals surface area contributed by atoms with Crippen LogP contribution < -0.4 is 0 Å². The van der Waals surface area contributed by atoms with E-state index in [1.165, 1.54) is 5.56 Å². The molecule has 0 amide bonds. The van der Waals surface area contributed by atoms with Crippen molar-refractivity contribution in [2.24, 2.45) is 0 Å². The summed E-state index contributed by atoms with van der Waals surface area (Å²) >= 11 is 0. The number of fused-ring (bicyclic) bond motifs is 2. The van der Waals surface area contributed by atoms with Crippen molar-refractivity contribution in [1.29, 1.82) is 0 Å². The van der Waals surface area contributed by atoms with Crippen molar-refractivity contribution in [1.82, 2.24) is 19.5 Å². The minimum absolute atomic E-state index is 0.213. The largest absolute Gasteiger partial charge is 0.376 e. The molecule has 4 aromatic rings. The lowest BCUT2D eigenvalue weighted by Gasteiger charge is -2.14. The van der Waals surface area contributed by atoms with Crippen LogP contribution in [0.1, 0.15) is 18.4 Å². The highest BCUT2D eigenvalue weighted by Crippen LogP contribution is 2.27. The summed E-state index contributed by atoms with van der Waals surface area (Å²) in [5.74, 6) is 0.908. The third kappa shape index (κ3) is 2.65. The van der Waals surface area contributed by atoms with Gasteiger partial charge in [-0.05, 0) is 31.9 Å². The van der Waals surface area contributed by atoms with Gasteiger partial charge in [0.05, 0.1) is 23.7 Å². The Morgan fingerprint density at radius 3 is 2.50 bits per heavy atom. The first-order valence-electron chi connectivity index (χ1n) is 9.09. The molecule has 0 bridgehead atoms. The zero-order chi connectivity index (χ0) is 17.5. The molecule has 5 rings (SSSR count). The van der Waals surface area contributed by atoms with Crippen LogP contribution in [0.15, 0.2) is 48.5 Å². The van der Waals surface area contributed by atoms with Crippen LogP contribution in [-0.2, 0) is 11.3 Å². The molecule has 0 saturated carbocycles. The zero-order valence-electron chi connectivity index (χ0n) is 14.7. The smallest absolute Gasteiger partial charge is 0.198 e. The summed E-state index contributed by atoms with van der Waals surface area (Å²) in [5, 5.41) is 0. The van der Waals surface area contributed by atoms with Crippen molar-refractivity contribution in [2.75, 3.05) is 6.61 Å². The molecule has 26 heavy (non-hydrogen) atoms. The lowest BCUT2D eigenvalue weighted by molar-refractivity contribution is 0.0981. The number of aryl methyl sites for hydroxylation is 1. The monoisotopic (exact) mass is 344 g/mol. The molecular weight excluding hydrogens is 324 g/mol. The van der Waals surface area contributed by atoms with Gasteiger partial charge in [-0.3, -0.25) is 0 Å². The summed E-state index contributed by atoms with van der Waals surface area (Å²) in [5.41, 5.74) is 5.60. The molecular formula is C21H20N4O. The molecule has 2 aromatic carbocycles. The zero-order valence-corrected chi connectivity index (χ0v) is 14.7. The van der Waals surface area contributed by atoms with Crippen molar-refractivity contribution in [3.63, 3.8) is 0 Å². The van der Waals surface area contributed by atoms with E-state index in [0.717, 1.165) is 54.1 Å². The van der Waals surface area contributed by atoms with Crippen molar-refractivity contribution >= 4 is 22.3 Å². The van der Waals surface area contributed by atoms with Gasteiger partial charge in [0.1, 0.15) is 5.82 Å². The van der Waals surface area contributed by atoms with Crippen molar-refractivity contribution < 1.29 is 4.74 Å². The molecule has 0 radical (unpaired) electrons. The van der Waals surface area contributed by atoms with Crippen LogP contribution in [0.5, 0.6) is 0 Å². The number of hydrogen-bond acceptors (Lipinski definition) is 4. The van der Waals surface area contributed by atoms with E-state index in [9.17, 15) is 0 Å². The van der Waals surface area contributed by atoms with Crippen LogP contribution in [-0.4, -0.2) is 32.2 Å². The van der Waals surface area contributed by atoms with E-state index in [4.69, 9.17) is 19.7 Å². The Bertz CT molecular complexity index is 1080. The van der Waals surface area contributed by atoms with E-state index >= 15 is 0 Å². The predicted molar refractivity (Wildman–Crippen MR) is 102 cm³/mol. The van der Waals surface area contributed by atoms with E-state index in [-0.39, 0.29) is 6.10 Å². The highest BCUT2D eigenvalue weighted by molar-refractivity contribution is 5.84. The average Bonchev–Trinajstić information content (AvgIpc) is 3.29. The van der Waals surface area contributed by atoms with Gasteiger partial charge in [0.2, 0.25) is 0 Å². The Kier molecular flexibility index (Phi) is 3.68. The van der Waals surface area contributed by atoms with Crippen LogP contribution in [0.3, 0.4) is 0 Å². The van der Waals surface area contributed by atoms with Crippen LogP contribution in [0.2, 0.25) is 0 Å². The maximum atomic E-state index is 5.88. The molecule has 0 spiro atoms. The third-order valence-electron chi connectivity index (χ3n) is 4.98. The van der Waals surface area contributed by atoms with Gasteiger partial charge >= 0.3 is 0 Å². The molecule has 0 unspecified atom stereocenters. The Morgan fingerprint density at radius 2 is 1.77 bits per heavy atom. The summed E-state index contributed by atoms with van der Waals surface area (Å²) in [6, 6.07) is 16.4. The van der Waals surface area contributed by atoms with Gasteiger partial charge < -0.3 is 9.30 Å². The van der Waals surface area contributed by atoms with Gasteiger partial charge in [-0.25, -0.2) is 15.0 Å². The van der Waals surface area contributed by atoms with Gasteiger partial charge in [-0.2, -0.15) is 0 Å². The molecule has 2 aromatic heterocycles. The van der Waals surface area contributed by atoms with E-state index in [2.05, 4.69) is 35.8 Å². The van der Waals surface area contributed by atoms with E-state index in [1.807, 2.05) is 24.3 Å². The van der Waals surface area contributed by atoms with E-state index < -0.39 is 0 Å². The molecule has 3 heterocycles. The first-order chi connectivity index (χ1) is 12.8. The van der Waals surface area contributed by atoms with Crippen LogP contribution in [0.4, 0.5) is 0 Å². The quantitative estimate of drug-likeness (QED) is 0.561. The van der Waals surface area contributed by atoms with Gasteiger partial charge in [-0.1, -0.05) is 42.0 Å². The maximum absolute atomic E-state index is 5.88. The second-order valence-electron chi connectivity index (χ2n) is 6.91. The Labute approximate surface area is 151 Å². The second-order valence-corrected chi connectivity index (χ2v) is 6.91. The molecule has 0 N–H and O–H groups in total. The van der Waals surface area contributed by atoms with Crippen LogP contribution >= 0.6 is 0 Å². The molecule has 1 fully saturated rings. The molecule has 1 aliphatic heterocycles. The molecule has 5 heteroatoms. The number of para-hydroxylation sites is 2. The minimum Gasteiger partial charge on any atom is -0.376 e. The summed E-state index contributed by atoms with van der Waals surface area (Å²) in [7, 11) is 0. The molecule has 0 aliphatic carbocycles. The molecule has 1 aliphatic rings. The number of rotatable bonds is 3.